The minimum Gasteiger partial charge on any atom is -0.471 e. The number of amides is 2. The van der Waals surface area contributed by atoms with Crippen molar-refractivity contribution in [2.24, 2.45) is 0 Å². The van der Waals surface area contributed by atoms with E-state index < -0.39 is 6.23 Å². The fourth-order valence-corrected chi connectivity index (χ4v) is 2.87. The van der Waals surface area contributed by atoms with E-state index in [-0.39, 0.29) is 6.03 Å². The second-order valence-electron chi connectivity index (χ2n) is 6.99. The summed E-state index contributed by atoms with van der Waals surface area (Å²) in [6.07, 6.45) is -0.476. The summed E-state index contributed by atoms with van der Waals surface area (Å²) in [6.45, 7) is 6.02. The number of carbonyl (C=O) groups is 1. The molecule has 0 aliphatic rings. The van der Waals surface area contributed by atoms with Gasteiger partial charge < -0.3 is 20.1 Å². The maximum absolute atomic E-state index is 12.3. The Hall–Kier alpha value is -3.47. The molecule has 2 amide bonds. The second kappa shape index (κ2) is 9.64. The van der Waals surface area contributed by atoms with Crippen molar-refractivity contribution in [2.75, 3.05) is 5.32 Å². The number of urea groups is 1. The Balaban J connectivity index is 1.52. The predicted octanol–water partition coefficient (Wildman–Crippen LogP) is 6.15. The van der Waals surface area contributed by atoms with Gasteiger partial charge in [0.05, 0.1) is 0 Å². The molecule has 150 valence electrons. The summed E-state index contributed by atoms with van der Waals surface area (Å²) in [6, 6.07) is 24.3. The molecule has 3 rings (SSSR count). The molecule has 0 aliphatic heterocycles. The number of ether oxygens (including phenoxy) is 2. The van der Waals surface area contributed by atoms with Crippen LogP contribution in [-0.2, 0) is 0 Å². The SMILES string of the molecule is CC(NC(=O)Nc1ccc(Oc2ccccc2)cc1)Oc1ccccc1C(C)C. The third kappa shape index (κ3) is 6.01. The molecular formula is C24H26N2O3. The van der Waals surface area contributed by atoms with Crippen molar-refractivity contribution in [1.82, 2.24) is 5.32 Å². The molecule has 0 aliphatic carbocycles. The molecule has 0 saturated carbocycles. The quantitative estimate of drug-likeness (QED) is 0.476. The predicted molar refractivity (Wildman–Crippen MR) is 116 cm³/mol. The van der Waals surface area contributed by atoms with Crippen LogP contribution >= 0.6 is 0 Å². The second-order valence-corrected chi connectivity index (χ2v) is 6.99. The Morgan fingerprint density at radius 2 is 1.41 bits per heavy atom. The molecule has 3 aromatic rings. The van der Waals surface area contributed by atoms with E-state index in [4.69, 9.17) is 9.47 Å². The zero-order valence-electron chi connectivity index (χ0n) is 16.9. The van der Waals surface area contributed by atoms with Crippen LogP contribution in [0, 0.1) is 0 Å². The number of rotatable bonds is 7. The molecule has 0 aromatic heterocycles. The number of carbonyl (C=O) groups excluding carboxylic acids is 1. The third-order valence-electron chi connectivity index (χ3n) is 4.27. The Morgan fingerprint density at radius 3 is 2.10 bits per heavy atom. The molecule has 1 unspecified atom stereocenters. The van der Waals surface area contributed by atoms with Crippen molar-refractivity contribution in [3.63, 3.8) is 0 Å². The standard InChI is InChI=1S/C24H26N2O3/c1-17(2)22-11-7-8-12-23(22)28-18(3)25-24(27)26-19-13-15-21(16-14-19)29-20-9-5-4-6-10-20/h4-18H,1-3H3,(H2,25,26,27). The van der Waals surface area contributed by atoms with E-state index in [0.717, 1.165) is 17.1 Å². The summed E-state index contributed by atoms with van der Waals surface area (Å²) in [4.78, 5) is 12.3. The molecule has 0 radical (unpaired) electrons. The van der Waals surface area contributed by atoms with Crippen LogP contribution in [0.1, 0.15) is 32.3 Å². The van der Waals surface area contributed by atoms with Gasteiger partial charge in [-0.2, -0.15) is 0 Å². The average molecular weight is 390 g/mol. The van der Waals surface area contributed by atoms with E-state index >= 15 is 0 Å². The lowest BCUT2D eigenvalue weighted by Gasteiger charge is -2.20. The minimum absolute atomic E-state index is 0.337. The average Bonchev–Trinajstić information content (AvgIpc) is 2.70. The Labute approximate surface area is 171 Å². The Morgan fingerprint density at radius 1 is 0.793 bits per heavy atom. The van der Waals surface area contributed by atoms with Crippen molar-refractivity contribution in [3.05, 3.63) is 84.4 Å². The highest BCUT2D eigenvalue weighted by atomic mass is 16.5. The molecule has 0 fully saturated rings. The zero-order valence-corrected chi connectivity index (χ0v) is 16.9. The highest BCUT2D eigenvalue weighted by Gasteiger charge is 2.12. The lowest BCUT2D eigenvalue weighted by atomic mass is 10.0. The summed E-state index contributed by atoms with van der Waals surface area (Å²) in [7, 11) is 0. The Kier molecular flexibility index (Phi) is 6.74. The number of hydrogen-bond donors (Lipinski definition) is 2. The molecule has 29 heavy (non-hydrogen) atoms. The number of benzene rings is 3. The number of nitrogens with one attached hydrogen (secondary N) is 2. The summed E-state index contributed by atoms with van der Waals surface area (Å²) < 4.78 is 11.7. The largest absolute Gasteiger partial charge is 0.471 e. The molecule has 0 saturated heterocycles. The van der Waals surface area contributed by atoms with Gasteiger partial charge in [0.25, 0.3) is 0 Å². The third-order valence-corrected chi connectivity index (χ3v) is 4.27. The van der Waals surface area contributed by atoms with Gasteiger partial charge in [-0.1, -0.05) is 50.2 Å². The van der Waals surface area contributed by atoms with Gasteiger partial charge in [-0.3, -0.25) is 0 Å². The van der Waals surface area contributed by atoms with E-state index in [1.807, 2.05) is 54.6 Å². The van der Waals surface area contributed by atoms with Gasteiger partial charge in [0, 0.05) is 5.69 Å². The minimum atomic E-state index is -0.476. The first-order chi connectivity index (χ1) is 14.0. The molecular weight excluding hydrogens is 364 g/mol. The van der Waals surface area contributed by atoms with E-state index in [2.05, 4.69) is 24.5 Å². The van der Waals surface area contributed by atoms with Crippen LogP contribution in [0.25, 0.3) is 0 Å². The van der Waals surface area contributed by atoms with E-state index in [9.17, 15) is 4.79 Å². The number of para-hydroxylation sites is 2. The van der Waals surface area contributed by atoms with Gasteiger partial charge in [0.2, 0.25) is 0 Å². The molecule has 0 bridgehead atoms. The molecule has 2 N–H and O–H groups in total. The first-order valence-electron chi connectivity index (χ1n) is 9.67. The molecule has 5 heteroatoms. The molecule has 3 aromatic carbocycles. The fourth-order valence-electron chi connectivity index (χ4n) is 2.87. The topological polar surface area (TPSA) is 59.6 Å². The van der Waals surface area contributed by atoms with Gasteiger partial charge in [-0.25, -0.2) is 4.79 Å². The highest BCUT2D eigenvalue weighted by molar-refractivity contribution is 5.89. The first kappa shape index (κ1) is 20.3. The van der Waals surface area contributed by atoms with Crippen LogP contribution in [0.5, 0.6) is 17.2 Å². The summed E-state index contributed by atoms with van der Waals surface area (Å²) >= 11 is 0. The van der Waals surface area contributed by atoms with Gasteiger partial charge >= 0.3 is 6.03 Å². The monoisotopic (exact) mass is 390 g/mol. The van der Waals surface area contributed by atoms with Crippen molar-refractivity contribution in [2.45, 2.75) is 32.9 Å². The number of anilines is 1. The smallest absolute Gasteiger partial charge is 0.322 e. The van der Waals surface area contributed by atoms with Crippen LogP contribution in [-0.4, -0.2) is 12.3 Å². The maximum Gasteiger partial charge on any atom is 0.322 e. The molecule has 5 nitrogen and oxygen atoms in total. The Bertz CT molecular complexity index is 924. The summed E-state index contributed by atoms with van der Waals surface area (Å²) in [5, 5.41) is 5.60. The molecule has 0 heterocycles. The van der Waals surface area contributed by atoms with Crippen LogP contribution in [0.4, 0.5) is 10.5 Å². The van der Waals surface area contributed by atoms with Gasteiger partial charge in [0.1, 0.15) is 17.2 Å². The molecule has 1 atom stereocenters. The van der Waals surface area contributed by atoms with Crippen LogP contribution in [0.2, 0.25) is 0 Å². The maximum atomic E-state index is 12.3. The summed E-state index contributed by atoms with van der Waals surface area (Å²) in [5.74, 6) is 2.57. The zero-order chi connectivity index (χ0) is 20.6. The van der Waals surface area contributed by atoms with Crippen LogP contribution in [0.15, 0.2) is 78.9 Å². The van der Waals surface area contributed by atoms with Crippen molar-refractivity contribution >= 4 is 11.7 Å². The van der Waals surface area contributed by atoms with Gasteiger partial charge in [-0.15, -0.1) is 0 Å². The fraction of sp³-hybridized carbons (Fsp3) is 0.208. The highest BCUT2D eigenvalue weighted by Crippen LogP contribution is 2.26. The lowest BCUT2D eigenvalue weighted by molar-refractivity contribution is 0.181. The van der Waals surface area contributed by atoms with Crippen molar-refractivity contribution in [1.29, 1.82) is 0 Å². The van der Waals surface area contributed by atoms with Crippen molar-refractivity contribution in [3.8, 4) is 17.2 Å². The van der Waals surface area contributed by atoms with E-state index in [1.54, 1.807) is 31.2 Å². The summed E-state index contributed by atoms with van der Waals surface area (Å²) in [5.41, 5.74) is 1.77. The first-order valence-corrected chi connectivity index (χ1v) is 9.67. The molecule has 0 spiro atoms. The van der Waals surface area contributed by atoms with Gasteiger partial charge in [-0.05, 0) is 60.9 Å². The number of hydrogen-bond acceptors (Lipinski definition) is 3. The van der Waals surface area contributed by atoms with Gasteiger partial charge in [0.15, 0.2) is 6.23 Å². The van der Waals surface area contributed by atoms with Crippen LogP contribution < -0.4 is 20.1 Å². The van der Waals surface area contributed by atoms with E-state index in [1.165, 1.54) is 0 Å². The van der Waals surface area contributed by atoms with Crippen LogP contribution in [0.3, 0.4) is 0 Å². The lowest BCUT2D eigenvalue weighted by Crippen LogP contribution is -2.39. The van der Waals surface area contributed by atoms with Crippen molar-refractivity contribution < 1.29 is 14.3 Å². The van der Waals surface area contributed by atoms with E-state index in [0.29, 0.717) is 17.4 Å². The normalized spacial score (nSPS) is 11.6.